The van der Waals surface area contributed by atoms with Crippen LogP contribution in [0.2, 0.25) is 0 Å². The Bertz CT molecular complexity index is 3030. The van der Waals surface area contributed by atoms with Gasteiger partial charge in [-0.1, -0.05) is 124 Å². The largest absolute Gasteiger partial charge is 0.482 e. The van der Waals surface area contributed by atoms with E-state index in [1.165, 1.54) is 23.5 Å². The summed E-state index contributed by atoms with van der Waals surface area (Å²) in [6.45, 7) is 27.3. The Labute approximate surface area is 532 Å². The van der Waals surface area contributed by atoms with Crippen molar-refractivity contribution in [3.05, 3.63) is 120 Å². The van der Waals surface area contributed by atoms with Crippen LogP contribution in [0.25, 0.3) is 0 Å². The second-order valence-electron chi connectivity index (χ2n) is 26.5. The molecular weight excluding hydrogens is 1140 g/mol. The van der Waals surface area contributed by atoms with Crippen molar-refractivity contribution in [2.45, 2.75) is 195 Å². The fourth-order valence-corrected chi connectivity index (χ4v) is 13.3. The quantitative estimate of drug-likeness (QED) is 0.0144. The van der Waals surface area contributed by atoms with E-state index < -0.39 is 59.4 Å². The van der Waals surface area contributed by atoms with E-state index in [4.69, 9.17) is 14.0 Å². The maximum Gasteiger partial charge on any atom is 0.482 e. The van der Waals surface area contributed by atoms with Crippen LogP contribution in [0.3, 0.4) is 0 Å². The van der Waals surface area contributed by atoms with Crippen LogP contribution in [-0.4, -0.2) is 144 Å². The highest BCUT2D eigenvalue weighted by molar-refractivity contribution is 6.48. The number of ether oxygens (including phenoxy) is 1. The van der Waals surface area contributed by atoms with Crippen LogP contribution in [0.15, 0.2) is 103 Å². The number of allylic oxidation sites excluding steroid dienone is 6. The number of benzene rings is 1. The average molecular weight is 1240 g/mol. The second kappa shape index (κ2) is 32.2. The van der Waals surface area contributed by atoms with Crippen LogP contribution in [0.1, 0.15) is 174 Å². The summed E-state index contributed by atoms with van der Waals surface area (Å²) in [5.41, 5.74) is 2.98. The molecule has 8 atom stereocenters. The van der Waals surface area contributed by atoms with Gasteiger partial charge in [-0.25, -0.2) is 4.98 Å². The first-order valence-electron chi connectivity index (χ1n) is 32.4. The van der Waals surface area contributed by atoms with Gasteiger partial charge in [0.05, 0.1) is 48.9 Å². The van der Waals surface area contributed by atoms with Crippen molar-refractivity contribution < 1.29 is 52.7 Å². The van der Waals surface area contributed by atoms with E-state index in [0.717, 1.165) is 40.7 Å². The van der Waals surface area contributed by atoms with E-state index >= 15 is 0 Å². The van der Waals surface area contributed by atoms with Gasteiger partial charge in [-0.05, 0) is 121 Å². The standard InChI is InChI=1S/C68H97BN10O11/c1-45(2)36-56(74-62(84)54(39-50-22-15-12-16-23-50)73-63(85)55-41-70-29-30-71-55)69-89-67(11)28-21-27-66(9,10)68(67,90-69)44-88-59(83)25-18-14-19-32-78-43-53(75-76-78)42-77(34-26-57(81)72-31-35-80)58(82)24-17-13-20-33-79-64(86)60-51(37-48(7)46(3)4)40-52(61(60)65(79)87)38-49(8)47(5)6/h12,15-16,22-23,29-30,37-38,41,43,45,51-52,54,56,60-61,80H,3,5,13-14,17-21,24-28,31-36,39-40,42,44H2,1-2,4,6-11H3,(H,72,81)(H,73,85)(H,74,84)/b48-37+,49-38+/t51?,52?,54-,56?,60?,61?,67?,68?/m0/s1. The number of aromatic nitrogens is 5. The zero-order chi connectivity index (χ0) is 65.3. The summed E-state index contributed by atoms with van der Waals surface area (Å²) >= 11 is 0. The van der Waals surface area contributed by atoms with E-state index in [1.807, 2.05) is 65.0 Å². The third kappa shape index (κ3) is 18.1. The molecule has 0 radical (unpaired) electrons. The molecule has 7 rings (SSSR count). The SMILES string of the molecule is C=C(C)/C(C)=C/C1CC(/C=C(\C)C(=C)C)C2C(=O)N(CCCCCC(=O)N(CCC(=O)NCCO)Cc3cn(CCCCCC(=O)OCC45OB(C(CC(C)C)NC(=O)[C@H](Cc6ccccc6)NC(=O)c6cnccn6)OC4(C)CCCC5(C)C)nn3)C(=O)C12. The molecular formula is C68H97BN10O11. The number of likely N-dealkylation sites (tertiary alicyclic amines) is 1. The molecule has 3 aromatic rings. The summed E-state index contributed by atoms with van der Waals surface area (Å²) in [4.78, 5) is 107. The van der Waals surface area contributed by atoms with E-state index in [0.29, 0.717) is 70.0 Å². The minimum absolute atomic E-state index is 0.0261. The normalized spacial score (nSPS) is 22.8. The number of carbonyl (C=O) groups is 7. The zero-order valence-corrected chi connectivity index (χ0v) is 54.6. The molecule has 4 fully saturated rings. The predicted octanol–water partition coefficient (Wildman–Crippen LogP) is 8.20. The van der Waals surface area contributed by atoms with Crippen LogP contribution < -0.4 is 16.0 Å². The Morgan fingerprint density at radius 2 is 1.52 bits per heavy atom. The molecule has 2 saturated heterocycles. The highest BCUT2D eigenvalue weighted by atomic mass is 16.7. The highest BCUT2D eigenvalue weighted by Crippen LogP contribution is 2.57. The van der Waals surface area contributed by atoms with Gasteiger partial charge < -0.3 is 40.0 Å². The Hall–Kier alpha value is -7.17. The maximum atomic E-state index is 14.4. The average Bonchev–Trinajstić information content (AvgIpc) is 1.50. The summed E-state index contributed by atoms with van der Waals surface area (Å²) in [5, 5.41) is 26.7. The second-order valence-corrected chi connectivity index (χ2v) is 26.5. The summed E-state index contributed by atoms with van der Waals surface area (Å²) < 4.78 is 21.8. The van der Waals surface area contributed by atoms with Crippen LogP contribution in [0.4, 0.5) is 0 Å². The third-order valence-electron chi connectivity index (χ3n) is 18.7. The monoisotopic (exact) mass is 1240 g/mol. The molecule has 488 valence electrons. The Morgan fingerprint density at radius 1 is 0.856 bits per heavy atom. The summed E-state index contributed by atoms with van der Waals surface area (Å²) in [6, 6.07) is 8.49. The number of carbonyl (C=O) groups excluding carboxylic acids is 7. The van der Waals surface area contributed by atoms with Gasteiger partial charge in [0.2, 0.25) is 29.5 Å². The molecule has 1 aromatic carbocycles. The van der Waals surface area contributed by atoms with E-state index in [9.17, 15) is 38.7 Å². The molecule has 4 heterocycles. The number of rotatable bonds is 34. The lowest BCUT2D eigenvalue weighted by Gasteiger charge is -2.55. The van der Waals surface area contributed by atoms with Crippen LogP contribution >= 0.6 is 0 Å². The molecule has 6 amide bonds. The van der Waals surface area contributed by atoms with E-state index in [2.05, 4.69) is 89.2 Å². The van der Waals surface area contributed by atoms with Crippen LogP contribution in [-0.2, 0) is 62.3 Å². The number of aliphatic hydroxyl groups excluding tert-OH is 1. The molecule has 2 aromatic heterocycles. The highest BCUT2D eigenvalue weighted by Gasteiger charge is 2.69. The van der Waals surface area contributed by atoms with Crippen molar-refractivity contribution in [3.63, 3.8) is 0 Å². The smallest absolute Gasteiger partial charge is 0.463 e. The van der Waals surface area contributed by atoms with Gasteiger partial charge in [0.25, 0.3) is 5.91 Å². The lowest BCUT2D eigenvalue weighted by atomic mass is 9.59. The molecule has 90 heavy (non-hydrogen) atoms. The topological polar surface area (TPSA) is 266 Å². The van der Waals surface area contributed by atoms with Crippen LogP contribution in [0.5, 0.6) is 0 Å². The van der Waals surface area contributed by atoms with Gasteiger partial charge >= 0.3 is 13.1 Å². The molecule has 2 saturated carbocycles. The Kier molecular flexibility index (Phi) is 25.2. The number of hydrogen-bond acceptors (Lipinski definition) is 15. The number of aliphatic hydroxyl groups is 1. The van der Waals surface area contributed by atoms with Crippen molar-refractivity contribution in [2.75, 3.05) is 32.8 Å². The third-order valence-corrected chi connectivity index (χ3v) is 18.7. The minimum Gasteiger partial charge on any atom is -0.463 e. The van der Waals surface area contributed by atoms with Gasteiger partial charge in [-0.2, -0.15) is 0 Å². The van der Waals surface area contributed by atoms with Gasteiger partial charge in [0.15, 0.2) is 0 Å². The van der Waals surface area contributed by atoms with Crippen molar-refractivity contribution in [1.82, 2.24) is 50.7 Å². The first-order valence-corrected chi connectivity index (χ1v) is 32.4. The summed E-state index contributed by atoms with van der Waals surface area (Å²) in [5.74, 6) is -3.57. The molecule has 4 N–H and O–H groups in total. The molecule has 4 aliphatic rings. The van der Waals surface area contributed by atoms with Gasteiger partial charge in [0.1, 0.15) is 29.6 Å². The van der Waals surface area contributed by atoms with Crippen molar-refractivity contribution in [1.29, 1.82) is 0 Å². The number of imide groups is 1. The van der Waals surface area contributed by atoms with E-state index in [1.54, 1.807) is 15.8 Å². The van der Waals surface area contributed by atoms with Gasteiger partial charge in [-0.15, -0.1) is 5.10 Å². The lowest BCUT2D eigenvalue weighted by molar-refractivity contribution is -0.187. The Balaban J connectivity index is 0.894. The summed E-state index contributed by atoms with van der Waals surface area (Å²) in [6.07, 6.45) is 18.0. The Morgan fingerprint density at radius 3 is 2.16 bits per heavy atom. The van der Waals surface area contributed by atoms with Gasteiger partial charge in [-0.3, -0.25) is 48.1 Å². The van der Waals surface area contributed by atoms with Crippen molar-refractivity contribution >= 4 is 48.5 Å². The number of nitrogens with one attached hydrogen (secondary N) is 3. The molecule has 0 bridgehead atoms. The number of aryl methyl sites for hydroxylation is 1. The first kappa shape index (κ1) is 70.3. The molecule has 21 nitrogen and oxygen atoms in total. The minimum atomic E-state index is -1.04. The van der Waals surface area contributed by atoms with Gasteiger partial charge in [0, 0.05) is 64.3 Å². The number of unbranched alkanes of at least 4 members (excludes halogenated alkanes) is 4. The first-order chi connectivity index (χ1) is 42.8. The molecule has 2 aliphatic carbocycles. The molecule has 22 heteroatoms. The van der Waals surface area contributed by atoms with Crippen molar-refractivity contribution in [2.24, 2.45) is 35.0 Å². The molecule has 2 aliphatic heterocycles. The number of amides is 6. The fraction of sp³-hybridized carbons (Fsp3) is 0.603. The predicted molar refractivity (Wildman–Crippen MR) is 342 cm³/mol. The van der Waals surface area contributed by atoms with E-state index in [-0.39, 0.29) is 118 Å². The number of fused-ring (bicyclic) bond motifs is 2. The maximum absolute atomic E-state index is 14.4. The van der Waals surface area contributed by atoms with Crippen LogP contribution in [0, 0.1) is 35.0 Å². The number of hydrogen-bond donors (Lipinski definition) is 4. The molecule has 0 spiro atoms. The zero-order valence-electron chi connectivity index (χ0n) is 54.6. The number of esters is 1. The number of nitrogens with zero attached hydrogens (tertiary/aromatic N) is 7. The fourth-order valence-electron chi connectivity index (χ4n) is 13.3. The summed E-state index contributed by atoms with van der Waals surface area (Å²) in [7, 11) is -0.886. The molecule has 7 unspecified atom stereocenters. The van der Waals surface area contributed by atoms with Crippen molar-refractivity contribution in [3.8, 4) is 0 Å². The lowest BCUT2D eigenvalue weighted by Crippen LogP contribution is -2.64.